The number of aromatic amines is 1. The predicted molar refractivity (Wildman–Crippen MR) is 112 cm³/mol. The Morgan fingerprint density at radius 1 is 1.23 bits per heavy atom. The van der Waals surface area contributed by atoms with Crippen LogP contribution in [0.4, 0.5) is 0 Å². The van der Waals surface area contributed by atoms with E-state index in [0.717, 1.165) is 16.8 Å². The number of benzene rings is 1. The molecule has 0 saturated heterocycles. The van der Waals surface area contributed by atoms with Gasteiger partial charge in [-0.1, -0.05) is 29.8 Å². The number of hydrogen-bond acceptors (Lipinski definition) is 6. The Kier molecular flexibility index (Phi) is 5.53. The molecule has 1 aliphatic heterocycles. The molecular weight excluding hydrogens is 398 g/mol. The third kappa shape index (κ3) is 4.32. The molecule has 1 atom stereocenters. The first-order chi connectivity index (χ1) is 14.9. The summed E-state index contributed by atoms with van der Waals surface area (Å²) in [6, 6.07) is 12.4. The number of Topliss-reactive ketones (excluding diaryl/α,β-unsaturated/α-hetero) is 1. The molecule has 4 rings (SSSR count). The number of ether oxygens (including phenoxy) is 1. The zero-order chi connectivity index (χ0) is 22.0. The maximum absolute atomic E-state index is 12.9. The minimum atomic E-state index is -0.725. The molecule has 1 amide bonds. The van der Waals surface area contributed by atoms with E-state index < -0.39 is 24.5 Å². The van der Waals surface area contributed by atoms with Crippen LogP contribution in [0.1, 0.15) is 57.1 Å². The maximum atomic E-state index is 12.9. The van der Waals surface area contributed by atoms with Gasteiger partial charge in [0, 0.05) is 18.2 Å². The van der Waals surface area contributed by atoms with Gasteiger partial charge in [0.1, 0.15) is 17.5 Å². The van der Waals surface area contributed by atoms with Crippen molar-refractivity contribution < 1.29 is 23.5 Å². The summed E-state index contributed by atoms with van der Waals surface area (Å²) in [5.74, 6) is -0.781. The molecule has 3 heterocycles. The van der Waals surface area contributed by atoms with Crippen molar-refractivity contribution in [1.29, 1.82) is 0 Å². The second-order valence-electron chi connectivity index (χ2n) is 7.32. The van der Waals surface area contributed by atoms with E-state index in [2.05, 4.69) is 10.1 Å². The highest BCUT2D eigenvalue weighted by Gasteiger charge is 2.35. The standard InChI is InChI=1S/C23H21N3O5/c1-14-5-7-16(8-6-14)18-11-20(21-4-3-9-30-21)26(25-18)22(28)13-31-23(29)19-10-17(12-24-19)15(2)27/h3-10,12,20,24H,11,13H2,1-2H3/t20-/m0/s1. The highest BCUT2D eigenvalue weighted by Crippen LogP contribution is 2.33. The van der Waals surface area contributed by atoms with E-state index in [1.165, 1.54) is 24.2 Å². The van der Waals surface area contributed by atoms with Crippen LogP contribution in [0, 0.1) is 6.92 Å². The van der Waals surface area contributed by atoms with Crippen molar-refractivity contribution in [3.8, 4) is 0 Å². The highest BCUT2D eigenvalue weighted by atomic mass is 16.5. The Bertz CT molecular complexity index is 1140. The number of esters is 1. The number of carbonyl (C=O) groups excluding carboxylic acids is 3. The molecule has 0 saturated carbocycles. The first kappa shape index (κ1) is 20.3. The molecule has 0 unspecified atom stereocenters. The van der Waals surface area contributed by atoms with Crippen LogP contribution in [0.3, 0.4) is 0 Å². The summed E-state index contributed by atoms with van der Waals surface area (Å²) in [4.78, 5) is 39.2. The molecular formula is C23H21N3O5. The van der Waals surface area contributed by atoms with Gasteiger partial charge in [-0.05, 0) is 37.6 Å². The summed E-state index contributed by atoms with van der Waals surface area (Å²) >= 11 is 0. The predicted octanol–water partition coefficient (Wildman–Crippen LogP) is 3.65. The molecule has 1 N–H and O–H groups in total. The van der Waals surface area contributed by atoms with Crippen LogP contribution in [0.25, 0.3) is 0 Å². The lowest BCUT2D eigenvalue weighted by atomic mass is 10.0. The number of nitrogens with zero attached hydrogens (tertiary/aromatic N) is 2. The summed E-state index contributed by atoms with van der Waals surface area (Å²) in [5.41, 5.74) is 3.25. The number of nitrogens with one attached hydrogen (secondary N) is 1. The molecule has 1 aliphatic rings. The lowest BCUT2D eigenvalue weighted by Gasteiger charge is -2.19. The minimum absolute atomic E-state index is 0.103. The van der Waals surface area contributed by atoms with Crippen molar-refractivity contribution in [1.82, 2.24) is 9.99 Å². The molecule has 3 aromatic rings. The van der Waals surface area contributed by atoms with Gasteiger partial charge in [0.15, 0.2) is 12.4 Å². The number of hydrazone groups is 1. The minimum Gasteiger partial charge on any atom is -0.467 e. The molecule has 31 heavy (non-hydrogen) atoms. The largest absolute Gasteiger partial charge is 0.467 e. The molecule has 8 nitrogen and oxygen atoms in total. The molecule has 0 radical (unpaired) electrons. The van der Waals surface area contributed by atoms with Gasteiger partial charge in [0.05, 0.1) is 12.0 Å². The fourth-order valence-corrected chi connectivity index (χ4v) is 3.35. The number of furan rings is 1. The summed E-state index contributed by atoms with van der Waals surface area (Å²) < 4.78 is 10.7. The summed E-state index contributed by atoms with van der Waals surface area (Å²) in [6.07, 6.45) is 3.45. The molecule has 0 fully saturated rings. The lowest BCUT2D eigenvalue weighted by Crippen LogP contribution is -2.31. The first-order valence-corrected chi connectivity index (χ1v) is 9.79. The number of carbonyl (C=O) groups is 3. The number of rotatable bonds is 6. The van der Waals surface area contributed by atoms with Gasteiger partial charge >= 0.3 is 5.97 Å². The number of hydrogen-bond donors (Lipinski definition) is 1. The average molecular weight is 419 g/mol. The number of amides is 1. The number of aryl methyl sites for hydroxylation is 1. The van der Waals surface area contributed by atoms with Gasteiger partial charge in [-0.15, -0.1) is 0 Å². The van der Waals surface area contributed by atoms with E-state index in [1.54, 1.807) is 18.4 Å². The summed E-state index contributed by atoms with van der Waals surface area (Å²) in [6.45, 7) is 2.91. The van der Waals surface area contributed by atoms with Crippen LogP contribution in [-0.2, 0) is 9.53 Å². The SMILES string of the molecule is CC(=O)c1c[nH]c(C(=O)OCC(=O)N2N=C(c3ccc(C)cc3)C[C@H]2c2ccco2)c1. The van der Waals surface area contributed by atoms with Crippen LogP contribution < -0.4 is 0 Å². The normalized spacial score (nSPS) is 15.6. The molecule has 158 valence electrons. The fourth-order valence-electron chi connectivity index (χ4n) is 3.35. The van der Waals surface area contributed by atoms with Gasteiger partial charge in [-0.25, -0.2) is 9.80 Å². The smallest absolute Gasteiger partial charge is 0.355 e. The van der Waals surface area contributed by atoms with E-state index >= 15 is 0 Å². The molecule has 0 aliphatic carbocycles. The van der Waals surface area contributed by atoms with Crippen molar-refractivity contribution >= 4 is 23.4 Å². The van der Waals surface area contributed by atoms with Crippen molar-refractivity contribution in [2.45, 2.75) is 26.3 Å². The Balaban J connectivity index is 1.49. The van der Waals surface area contributed by atoms with Crippen molar-refractivity contribution in [2.24, 2.45) is 5.10 Å². The van der Waals surface area contributed by atoms with Crippen molar-refractivity contribution in [2.75, 3.05) is 6.61 Å². The van der Waals surface area contributed by atoms with E-state index in [-0.39, 0.29) is 11.5 Å². The first-order valence-electron chi connectivity index (χ1n) is 9.79. The second-order valence-corrected chi connectivity index (χ2v) is 7.32. The van der Waals surface area contributed by atoms with Crippen LogP contribution in [0.2, 0.25) is 0 Å². The van der Waals surface area contributed by atoms with Crippen LogP contribution in [0.5, 0.6) is 0 Å². The highest BCUT2D eigenvalue weighted by molar-refractivity contribution is 6.03. The Morgan fingerprint density at radius 2 is 2.00 bits per heavy atom. The van der Waals surface area contributed by atoms with E-state index in [9.17, 15) is 14.4 Å². The Morgan fingerprint density at radius 3 is 2.65 bits per heavy atom. The van der Waals surface area contributed by atoms with Gasteiger partial charge in [0.25, 0.3) is 5.91 Å². The summed E-state index contributed by atoms with van der Waals surface area (Å²) in [7, 11) is 0. The summed E-state index contributed by atoms with van der Waals surface area (Å²) in [5, 5.41) is 5.80. The fraction of sp³-hybridized carbons (Fsp3) is 0.217. The van der Waals surface area contributed by atoms with Crippen molar-refractivity contribution in [3.05, 3.63) is 83.1 Å². The van der Waals surface area contributed by atoms with Gasteiger partial charge in [0.2, 0.25) is 0 Å². The van der Waals surface area contributed by atoms with Gasteiger partial charge in [-0.3, -0.25) is 9.59 Å². The molecule has 8 heteroatoms. The van der Waals surface area contributed by atoms with E-state index in [1.807, 2.05) is 31.2 Å². The van der Waals surface area contributed by atoms with Gasteiger partial charge < -0.3 is 14.1 Å². The quantitative estimate of drug-likeness (QED) is 0.485. The second kappa shape index (κ2) is 8.43. The van der Waals surface area contributed by atoms with E-state index in [4.69, 9.17) is 9.15 Å². The van der Waals surface area contributed by atoms with Crippen LogP contribution >= 0.6 is 0 Å². The lowest BCUT2D eigenvalue weighted by molar-refractivity contribution is -0.136. The van der Waals surface area contributed by atoms with E-state index in [0.29, 0.717) is 17.7 Å². The monoisotopic (exact) mass is 419 g/mol. The molecule has 0 spiro atoms. The average Bonchev–Trinajstić information content (AvgIpc) is 3.52. The number of aromatic nitrogens is 1. The number of ketones is 1. The van der Waals surface area contributed by atoms with Crippen LogP contribution in [-0.4, -0.2) is 40.0 Å². The zero-order valence-corrected chi connectivity index (χ0v) is 17.1. The molecule has 2 aromatic heterocycles. The maximum Gasteiger partial charge on any atom is 0.355 e. The Labute approximate surface area is 178 Å². The zero-order valence-electron chi connectivity index (χ0n) is 17.1. The third-order valence-electron chi connectivity index (χ3n) is 5.06. The van der Waals surface area contributed by atoms with Gasteiger partial charge in [-0.2, -0.15) is 5.10 Å². The third-order valence-corrected chi connectivity index (χ3v) is 5.06. The molecule has 1 aromatic carbocycles. The Hall–Kier alpha value is -3.94. The number of H-pyrrole nitrogens is 1. The van der Waals surface area contributed by atoms with Crippen molar-refractivity contribution in [3.63, 3.8) is 0 Å². The molecule has 0 bridgehead atoms. The topological polar surface area (TPSA) is 105 Å². The van der Waals surface area contributed by atoms with Crippen LogP contribution in [0.15, 0.2) is 64.4 Å².